The van der Waals surface area contributed by atoms with Crippen molar-refractivity contribution in [1.82, 2.24) is 0 Å². The number of halogens is 2. The maximum absolute atomic E-state index is 5.35. The molecular weight excluding hydrogens is 454 g/mol. The van der Waals surface area contributed by atoms with Gasteiger partial charge >= 0.3 is 0 Å². The molecule has 0 bridgehead atoms. The molecule has 0 aliphatic heterocycles. The molecule has 0 saturated carbocycles. The van der Waals surface area contributed by atoms with Gasteiger partial charge in [-0.2, -0.15) is 0 Å². The van der Waals surface area contributed by atoms with Crippen molar-refractivity contribution >= 4 is 45.2 Å². The quantitative estimate of drug-likeness (QED) is 0.618. The van der Waals surface area contributed by atoms with Gasteiger partial charge in [-0.1, -0.05) is 12.1 Å². The molecule has 0 aliphatic rings. The zero-order valence-corrected chi connectivity index (χ0v) is 14.4. The standard InChI is InChI=1S/C14H12I2O2/c1-17-13-7-9(3-5-11(13)15)10-4-6-12(16)14(8-10)18-2/h3-8H,1-2H3. The van der Waals surface area contributed by atoms with E-state index in [0.717, 1.165) is 29.8 Å². The van der Waals surface area contributed by atoms with Gasteiger partial charge in [0.1, 0.15) is 11.5 Å². The molecule has 0 aliphatic carbocycles. The van der Waals surface area contributed by atoms with Crippen LogP contribution >= 0.6 is 45.2 Å². The Hall–Kier alpha value is -0.500. The van der Waals surface area contributed by atoms with Gasteiger partial charge in [-0.15, -0.1) is 0 Å². The van der Waals surface area contributed by atoms with Crippen LogP contribution in [0.1, 0.15) is 0 Å². The van der Waals surface area contributed by atoms with E-state index in [-0.39, 0.29) is 0 Å². The van der Waals surface area contributed by atoms with Crippen molar-refractivity contribution in [2.75, 3.05) is 14.2 Å². The first-order valence-corrected chi connectivity index (χ1v) is 7.49. The Balaban J connectivity index is 2.48. The lowest BCUT2D eigenvalue weighted by Crippen LogP contribution is -1.90. The lowest BCUT2D eigenvalue weighted by atomic mass is 10.1. The average molecular weight is 466 g/mol. The first-order chi connectivity index (χ1) is 8.65. The zero-order chi connectivity index (χ0) is 13.1. The van der Waals surface area contributed by atoms with Crippen molar-refractivity contribution in [3.8, 4) is 22.6 Å². The molecule has 0 unspecified atom stereocenters. The van der Waals surface area contributed by atoms with Crippen LogP contribution < -0.4 is 9.47 Å². The molecule has 2 aromatic carbocycles. The number of methoxy groups -OCH3 is 2. The number of ether oxygens (including phenoxy) is 2. The Bertz CT molecular complexity index is 516. The third-order valence-corrected chi connectivity index (χ3v) is 4.42. The van der Waals surface area contributed by atoms with Crippen molar-refractivity contribution in [2.45, 2.75) is 0 Å². The minimum atomic E-state index is 0.894. The summed E-state index contributed by atoms with van der Waals surface area (Å²) >= 11 is 4.53. The molecule has 0 aromatic heterocycles. The molecule has 0 amide bonds. The highest BCUT2D eigenvalue weighted by Crippen LogP contribution is 2.31. The van der Waals surface area contributed by atoms with Gasteiger partial charge in [0.2, 0.25) is 0 Å². The Morgan fingerprint density at radius 3 is 1.44 bits per heavy atom. The SMILES string of the molecule is COc1cc(-c2ccc(I)c(OC)c2)ccc1I. The number of hydrogen-bond donors (Lipinski definition) is 0. The molecule has 2 nitrogen and oxygen atoms in total. The molecule has 4 heteroatoms. The van der Waals surface area contributed by atoms with E-state index in [4.69, 9.17) is 9.47 Å². The van der Waals surface area contributed by atoms with Crippen molar-refractivity contribution in [3.63, 3.8) is 0 Å². The summed E-state index contributed by atoms with van der Waals surface area (Å²) in [5, 5.41) is 0. The number of rotatable bonds is 3. The zero-order valence-electron chi connectivity index (χ0n) is 10.0. The van der Waals surface area contributed by atoms with Gasteiger partial charge in [0, 0.05) is 0 Å². The van der Waals surface area contributed by atoms with Gasteiger partial charge in [0.15, 0.2) is 0 Å². The van der Waals surface area contributed by atoms with Gasteiger partial charge in [0.25, 0.3) is 0 Å². The van der Waals surface area contributed by atoms with Crippen molar-refractivity contribution < 1.29 is 9.47 Å². The molecule has 0 fully saturated rings. The molecule has 2 rings (SSSR count). The van der Waals surface area contributed by atoms with Gasteiger partial charge in [-0.3, -0.25) is 0 Å². The van der Waals surface area contributed by atoms with E-state index in [1.54, 1.807) is 14.2 Å². The van der Waals surface area contributed by atoms with Crippen LogP contribution in [0.25, 0.3) is 11.1 Å². The smallest absolute Gasteiger partial charge is 0.132 e. The molecule has 94 valence electrons. The summed E-state index contributed by atoms with van der Waals surface area (Å²) in [5.41, 5.74) is 2.25. The molecule has 0 heterocycles. The van der Waals surface area contributed by atoms with Crippen molar-refractivity contribution in [1.29, 1.82) is 0 Å². The van der Waals surface area contributed by atoms with E-state index in [9.17, 15) is 0 Å². The Morgan fingerprint density at radius 1 is 0.722 bits per heavy atom. The third-order valence-electron chi connectivity index (χ3n) is 2.64. The highest BCUT2D eigenvalue weighted by molar-refractivity contribution is 14.1. The molecule has 0 atom stereocenters. The second kappa shape index (κ2) is 6.10. The maximum Gasteiger partial charge on any atom is 0.132 e. The number of benzene rings is 2. The lowest BCUT2D eigenvalue weighted by Gasteiger charge is -2.09. The van der Waals surface area contributed by atoms with Gasteiger partial charge in [0.05, 0.1) is 21.4 Å². The minimum Gasteiger partial charge on any atom is -0.496 e. The third kappa shape index (κ3) is 2.90. The molecule has 2 aromatic rings. The average Bonchev–Trinajstić information content (AvgIpc) is 2.40. The lowest BCUT2D eigenvalue weighted by molar-refractivity contribution is 0.411. The summed E-state index contributed by atoms with van der Waals surface area (Å²) in [5.74, 6) is 1.79. The molecule has 18 heavy (non-hydrogen) atoms. The van der Waals surface area contributed by atoms with Crippen LogP contribution in [0.3, 0.4) is 0 Å². The molecule has 0 saturated heterocycles. The van der Waals surface area contributed by atoms with Crippen LogP contribution in [-0.4, -0.2) is 14.2 Å². The maximum atomic E-state index is 5.35. The summed E-state index contributed by atoms with van der Waals surface area (Å²) in [6.45, 7) is 0. The van der Waals surface area contributed by atoms with E-state index < -0.39 is 0 Å². The fraction of sp³-hybridized carbons (Fsp3) is 0.143. The fourth-order valence-electron chi connectivity index (χ4n) is 1.68. The second-order valence-electron chi connectivity index (χ2n) is 3.70. The Kier molecular flexibility index (Phi) is 4.71. The Labute approximate surface area is 134 Å². The molecule has 0 radical (unpaired) electrons. The van der Waals surface area contributed by atoms with Crippen LogP contribution in [0.15, 0.2) is 36.4 Å². The van der Waals surface area contributed by atoms with E-state index in [1.807, 2.05) is 12.1 Å². The molecule has 0 N–H and O–H groups in total. The molecule has 0 spiro atoms. The summed E-state index contributed by atoms with van der Waals surface area (Å²) < 4.78 is 12.9. The van der Waals surface area contributed by atoms with E-state index in [2.05, 4.69) is 69.4 Å². The summed E-state index contributed by atoms with van der Waals surface area (Å²) in [6, 6.07) is 12.4. The van der Waals surface area contributed by atoms with E-state index >= 15 is 0 Å². The monoisotopic (exact) mass is 466 g/mol. The van der Waals surface area contributed by atoms with Gasteiger partial charge < -0.3 is 9.47 Å². The number of hydrogen-bond acceptors (Lipinski definition) is 2. The minimum absolute atomic E-state index is 0.894. The van der Waals surface area contributed by atoms with Crippen LogP contribution in [0.5, 0.6) is 11.5 Å². The van der Waals surface area contributed by atoms with Gasteiger partial charge in [-0.25, -0.2) is 0 Å². The summed E-state index contributed by atoms with van der Waals surface area (Å²) in [7, 11) is 3.38. The summed E-state index contributed by atoms with van der Waals surface area (Å²) in [6.07, 6.45) is 0. The first kappa shape index (κ1) is 13.9. The fourth-order valence-corrected chi connectivity index (χ4v) is 2.79. The Morgan fingerprint density at radius 2 is 1.11 bits per heavy atom. The van der Waals surface area contributed by atoms with Crippen LogP contribution in [0.2, 0.25) is 0 Å². The van der Waals surface area contributed by atoms with Gasteiger partial charge in [-0.05, 0) is 80.6 Å². The molecular formula is C14H12I2O2. The highest BCUT2D eigenvalue weighted by Gasteiger charge is 2.06. The predicted octanol–water partition coefficient (Wildman–Crippen LogP) is 4.58. The summed E-state index contributed by atoms with van der Waals surface area (Å²) in [4.78, 5) is 0. The van der Waals surface area contributed by atoms with Crippen molar-refractivity contribution in [3.05, 3.63) is 43.5 Å². The second-order valence-corrected chi connectivity index (χ2v) is 6.02. The topological polar surface area (TPSA) is 18.5 Å². The van der Waals surface area contributed by atoms with Crippen molar-refractivity contribution in [2.24, 2.45) is 0 Å². The largest absolute Gasteiger partial charge is 0.496 e. The van der Waals surface area contributed by atoms with Crippen LogP contribution in [-0.2, 0) is 0 Å². The van der Waals surface area contributed by atoms with E-state index in [0.29, 0.717) is 0 Å². The predicted molar refractivity (Wildman–Crippen MR) is 90.4 cm³/mol. The highest BCUT2D eigenvalue weighted by atomic mass is 127. The van der Waals surface area contributed by atoms with Crippen LogP contribution in [0, 0.1) is 7.14 Å². The van der Waals surface area contributed by atoms with Crippen LogP contribution in [0.4, 0.5) is 0 Å². The first-order valence-electron chi connectivity index (χ1n) is 5.33. The van der Waals surface area contributed by atoms with E-state index in [1.165, 1.54) is 0 Å². The normalized spacial score (nSPS) is 10.2.